The molecule has 1 aliphatic carbocycles. The number of hydrogen-bond acceptors (Lipinski definition) is 3. The summed E-state index contributed by atoms with van der Waals surface area (Å²) in [6, 6.07) is 0. The third-order valence-corrected chi connectivity index (χ3v) is 5.55. The average molecular weight is 436 g/mol. The summed E-state index contributed by atoms with van der Waals surface area (Å²) in [5.74, 6) is 0.910. The lowest BCUT2D eigenvalue weighted by molar-refractivity contribution is 0.334. The van der Waals surface area contributed by atoms with Crippen molar-refractivity contribution in [3.8, 4) is 0 Å². The fraction of sp³-hybridized carbons (Fsp3) is 0.750. The highest BCUT2D eigenvalue weighted by Gasteiger charge is 2.28. The van der Waals surface area contributed by atoms with Crippen molar-refractivity contribution < 1.29 is 0 Å². The molecule has 0 bridgehead atoms. The number of nitrogens with zero attached hydrogens (tertiary/aromatic N) is 2. The topological polar surface area (TPSA) is 49.3 Å². The van der Waals surface area contributed by atoms with Crippen LogP contribution in [0.25, 0.3) is 0 Å². The first kappa shape index (κ1) is 19.7. The fourth-order valence-electron chi connectivity index (χ4n) is 2.86. The first-order valence-corrected chi connectivity index (χ1v) is 8.71. The zero-order valence-corrected chi connectivity index (χ0v) is 17.3. The first-order valence-electron chi connectivity index (χ1n) is 7.90. The molecule has 22 heavy (non-hydrogen) atoms. The Morgan fingerprint density at radius 1 is 1.27 bits per heavy atom. The zero-order valence-electron chi connectivity index (χ0n) is 14.2. The monoisotopic (exact) mass is 436 g/mol. The maximum Gasteiger partial charge on any atom is 0.191 e. The molecule has 1 aliphatic rings. The van der Waals surface area contributed by atoms with Gasteiger partial charge in [-0.3, -0.25) is 4.99 Å². The summed E-state index contributed by atoms with van der Waals surface area (Å²) in [6.07, 6.45) is 6.35. The molecule has 0 spiro atoms. The Hall–Kier alpha value is -0.370. The number of hydrogen-bond donors (Lipinski definition) is 2. The van der Waals surface area contributed by atoms with Crippen LogP contribution < -0.4 is 10.6 Å². The molecule has 6 heteroatoms. The minimum absolute atomic E-state index is 0. The first-order chi connectivity index (χ1) is 10.0. The van der Waals surface area contributed by atoms with Crippen molar-refractivity contribution in [2.24, 2.45) is 10.4 Å². The van der Waals surface area contributed by atoms with E-state index in [1.807, 2.05) is 7.05 Å². The van der Waals surface area contributed by atoms with Crippen LogP contribution in [0.2, 0.25) is 0 Å². The Morgan fingerprint density at radius 2 is 1.95 bits per heavy atom. The number of aliphatic imine (C=N–C) groups is 1. The van der Waals surface area contributed by atoms with Crippen molar-refractivity contribution in [3.63, 3.8) is 0 Å². The predicted molar refractivity (Wildman–Crippen MR) is 107 cm³/mol. The normalized spacial score (nSPS) is 17.2. The molecule has 2 N–H and O–H groups in total. The van der Waals surface area contributed by atoms with Crippen LogP contribution in [0.5, 0.6) is 0 Å². The molecule has 0 amide bonds. The largest absolute Gasteiger partial charge is 0.356 e. The Kier molecular flexibility index (Phi) is 8.10. The van der Waals surface area contributed by atoms with Gasteiger partial charge in [-0.25, -0.2) is 4.98 Å². The lowest BCUT2D eigenvalue weighted by Crippen LogP contribution is -2.42. The van der Waals surface area contributed by atoms with Gasteiger partial charge in [-0.2, -0.15) is 0 Å². The van der Waals surface area contributed by atoms with Crippen LogP contribution >= 0.6 is 35.3 Å². The molecule has 0 unspecified atom stereocenters. The summed E-state index contributed by atoms with van der Waals surface area (Å²) in [5, 5.41) is 8.07. The molecular weight excluding hydrogens is 407 g/mol. The van der Waals surface area contributed by atoms with E-state index in [9.17, 15) is 0 Å². The van der Waals surface area contributed by atoms with Gasteiger partial charge in [-0.15, -0.1) is 35.3 Å². The number of aryl methyl sites for hydroxylation is 2. The minimum Gasteiger partial charge on any atom is -0.356 e. The smallest absolute Gasteiger partial charge is 0.191 e. The van der Waals surface area contributed by atoms with Gasteiger partial charge in [0.1, 0.15) is 0 Å². The Bertz CT molecular complexity index is 473. The van der Waals surface area contributed by atoms with Crippen molar-refractivity contribution in [2.45, 2.75) is 52.9 Å². The van der Waals surface area contributed by atoms with Crippen molar-refractivity contribution in [3.05, 3.63) is 15.6 Å². The van der Waals surface area contributed by atoms with E-state index in [2.05, 4.69) is 41.4 Å². The SMILES string of the molecule is CN=C(NCCc1nc(C)c(C)s1)NCC1(C)CCCC1.I. The van der Waals surface area contributed by atoms with E-state index >= 15 is 0 Å². The number of nitrogens with one attached hydrogen (secondary N) is 2. The van der Waals surface area contributed by atoms with E-state index in [0.717, 1.165) is 31.2 Å². The van der Waals surface area contributed by atoms with E-state index in [1.54, 1.807) is 11.3 Å². The van der Waals surface area contributed by atoms with Crippen molar-refractivity contribution in [1.29, 1.82) is 0 Å². The van der Waals surface area contributed by atoms with Gasteiger partial charge in [0.05, 0.1) is 10.7 Å². The summed E-state index contributed by atoms with van der Waals surface area (Å²) in [4.78, 5) is 10.2. The maximum atomic E-state index is 4.57. The zero-order chi connectivity index (χ0) is 15.3. The number of halogens is 1. The molecule has 0 atom stereocenters. The van der Waals surface area contributed by atoms with Crippen molar-refractivity contribution in [1.82, 2.24) is 15.6 Å². The number of rotatable bonds is 5. The summed E-state index contributed by atoms with van der Waals surface area (Å²) in [5.41, 5.74) is 1.60. The summed E-state index contributed by atoms with van der Waals surface area (Å²) >= 11 is 1.80. The maximum absolute atomic E-state index is 4.57. The predicted octanol–water partition coefficient (Wildman–Crippen LogP) is 3.67. The second kappa shape index (κ2) is 9.05. The minimum atomic E-state index is 0. The molecular formula is C16H29IN4S. The van der Waals surface area contributed by atoms with Crippen LogP contribution in [0, 0.1) is 19.3 Å². The molecule has 0 radical (unpaired) electrons. The highest BCUT2D eigenvalue weighted by molar-refractivity contribution is 14.0. The quantitative estimate of drug-likeness (QED) is 0.421. The summed E-state index contributed by atoms with van der Waals surface area (Å²) in [6.45, 7) is 8.48. The third kappa shape index (κ3) is 5.68. The highest BCUT2D eigenvalue weighted by Crippen LogP contribution is 2.36. The molecule has 0 aromatic carbocycles. The van der Waals surface area contributed by atoms with Gasteiger partial charge < -0.3 is 10.6 Å². The molecule has 1 aromatic rings. The lowest BCUT2D eigenvalue weighted by atomic mass is 9.89. The van der Waals surface area contributed by atoms with E-state index in [4.69, 9.17) is 0 Å². The second-order valence-electron chi connectivity index (χ2n) is 6.37. The third-order valence-electron chi connectivity index (χ3n) is 4.42. The fourth-order valence-corrected chi connectivity index (χ4v) is 3.79. The van der Waals surface area contributed by atoms with Crippen LogP contribution in [0.15, 0.2) is 4.99 Å². The lowest BCUT2D eigenvalue weighted by Gasteiger charge is -2.25. The molecule has 4 nitrogen and oxygen atoms in total. The van der Waals surface area contributed by atoms with Gasteiger partial charge in [0.25, 0.3) is 0 Å². The average Bonchev–Trinajstić information content (AvgIpc) is 3.01. The highest BCUT2D eigenvalue weighted by atomic mass is 127. The molecule has 1 heterocycles. The van der Waals surface area contributed by atoms with Crippen molar-refractivity contribution >= 4 is 41.3 Å². The number of thiazole rings is 1. The summed E-state index contributed by atoms with van der Waals surface area (Å²) in [7, 11) is 1.84. The second-order valence-corrected chi connectivity index (χ2v) is 7.66. The van der Waals surface area contributed by atoms with E-state index in [0.29, 0.717) is 5.41 Å². The van der Waals surface area contributed by atoms with Gasteiger partial charge in [0, 0.05) is 31.4 Å². The van der Waals surface area contributed by atoms with Gasteiger partial charge in [0.2, 0.25) is 0 Å². The standard InChI is InChI=1S/C16H28N4S.HI/c1-12-13(2)21-14(20-12)7-10-18-15(17-4)19-11-16(3)8-5-6-9-16;/h5-11H2,1-4H3,(H2,17,18,19);1H. The molecule has 0 saturated heterocycles. The molecule has 1 aromatic heterocycles. The summed E-state index contributed by atoms with van der Waals surface area (Å²) < 4.78 is 0. The van der Waals surface area contributed by atoms with Gasteiger partial charge in [-0.1, -0.05) is 19.8 Å². The van der Waals surface area contributed by atoms with E-state index in [1.165, 1.54) is 35.6 Å². The van der Waals surface area contributed by atoms with E-state index in [-0.39, 0.29) is 24.0 Å². The van der Waals surface area contributed by atoms with E-state index < -0.39 is 0 Å². The Labute approximate surface area is 155 Å². The van der Waals surface area contributed by atoms with Crippen LogP contribution in [0.1, 0.15) is 48.2 Å². The Morgan fingerprint density at radius 3 is 2.50 bits per heavy atom. The molecule has 1 fully saturated rings. The van der Waals surface area contributed by atoms with Gasteiger partial charge >= 0.3 is 0 Å². The Balaban J connectivity index is 0.00000242. The van der Waals surface area contributed by atoms with Crippen LogP contribution in [-0.2, 0) is 6.42 Å². The molecule has 2 rings (SSSR count). The van der Waals surface area contributed by atoms with Gasteiger partial charge in [-0.05, 0) is 32.1 Å². The van der Waals surface area contributed by atoms with Crippen LogP contribution in [0.4, 0.5) is 0 Å². The number of guanidine groups is 1. The number of aromatic nitrogens is 1. The van der Waals surface area contributed by atoms with Crippen molar-refractivity contribution in [2.75, 3.05) is 20.1 Å². The molecule has 0 aliphatic heterocycles. The molecule has 126 valence electrons. The van der Waals surface area contributed by atoms with Crippen LogP contribution in [-0.4, -0.2) is 31.1 Å². The molecule has 1 saturated carbocycles. The van der Waals surface area contributed by atoms with Crippen LogP contribution in [0.3, 0.4) is 0 Å². The van der Waals surface area contributed by atoms with Gasteiger partial charge in [0.15, 0.2) is 5.96 Å².